The standard InChI is InChI=1S/C18H33N3O2/c1-23-15-18(7-9-19-10-8-18)17(22)21-13-4-5-16(6-14-21)20-11-2-3-12-20/h16,19H,2-15H2,1H3. The van der Waals surface area contributed by atoms with Crippen molar-refractivity contribution in [2.24, 2.45) is 5.41 Å². The highest BCUT2D eigenvalue weighted by Crippen LogP contribution is 2.33. The lowest BCUT2D eigenvalue weighted by molar-refractivity contribution is -0.147. The molecule has 3 aliphatic heterocycles. The molecule has 3 aliphatic rings. The van der Waals surface area contributed by atoms with E-state index < -0.39 is 0 Å². The summed E-state index contributed by atoms with van der Waals surface area (Å²) in [5, 5.41) is 3.38. The van der Waals surface area contributed by atoms with E-state index in [0.717, 1.165) is 51.9 Å². The third-order valence-electron chi connectivity index (χ3n) is 6.08. The molecular weight excluding hydrogens is 290 g/mol. The van der Waals surface area contributed by atoms with E-state index in [9.17, 15) is 4.79 Å². The van der Waals surface area contributed by atoms with Crippen molar-refractivity contribution in [3.05, 3.63) is 0 Å². The van der Waals surface area contributed by atoms with Gasteiger partial charge in [-0.05, 0) is 71.1 Å². The molecule has 5 heteroatoms. The summed E-state index contributed by atoms with van der Waals surface area (Å²) in [4.78, 5) is 18.1. The molecule has 0 aliphatic carbocycles. The van der Waals surface area contributed by atoms with Crippen molar-refractivity contribution in [2.45, 2.75) is 51.0 Å². The van der Waals surface area contributed by atoms with Crippen molar-refractivity contribution < 1.29 is 9.53 Å². The van der Waals surface area contributed by atoms with Crippen LogP contribution in [-0.2, 0) is 9.53 Å². The predicted molar refractivity (Wildman–Crippen MR) is 91.4 cm³/mol. The van der Waals surface area contributed by atoms with E-state index in [1.54, 1.807) is 7.11 Å². The van der Waals surface area contributed by atoms with Crippen LogP contribution in [0.3, 0.4) is 0 Å². The van der Waals surface area contributed by atoms with Crippen LogP contribution in [0.25, 0.3) is 0 Å². The van der Waals surface area contributed by atoms with Crippen molar-refractivity contribution in [1.29, 1.82) is 0 Å². The maximum atomic E-state index is 13.3. The van der Waals surface area contributed by atoms with Gasteiger partial charge in [-0.1, -0.05) is 0 Å². The number of hydrogen-bond acceptors (Lipinski definition) is 4. The van der Waals surface area contributed by atoms with Gasteiger partial charge in [0.25, 0.3) is 0 Å². The number of carbonyl (C=O) groups excluding carboxylic acids is 1. The van der Waals surface area contributed by atoms with Crippen LogP contribution in [0, 0.1) is 5.41 Å². The quantitative estimate of drug-likeness (QED) is 0.851. The second-order valence-electron chi connectivity index (χ2n) is 7.58. The molecule has 0 saturated carbocycles. The third kappa shape index (κ3) is 3.89. The molecule has 1 amide bonds. The highest BCUT2D eigenvalue weighted by Gasteiger charge is 2.42. The van der Waals surface area contributed by atoms with E-state index in [4.69, 9.17) is 4.74 Å². The van der Waals surface area contributed by atoms with Crippen LogP contribution in [-0.4, -0.2) is 74.7 Å². The van der Waals surface area contributed by atoms with Gasteiger partial charge in [0.05, 0.1) is 12.0 Å². The highest BCUT2D eigenvalue weighted by atomic mass is 16.5. The van der Waals surface area contributed by atoms with Crippen molar-refractivity contribution in [2.75, 3.05) is 53.0 Å². The fourth-order valence-electron chi connectivity index (χ4n) is 4.69. The minimum Gasteiger partial charge on any atom is -0.384 e. The lowest BCUT2D eigenvalue weighted by atomic mass is 9.78. The molecule has 0 spiro atoms. The Labute approximate surface area is 140 Å². The van der Waals surface area contributed by atoms with Gasteiger partial charge in [-0.2, -0.15) is 0 Å². The molecule has 1 N–H and O–H groups in total. The average molecular weight is 323 g/mol. The monoisotopic (exact) mass is 323 g/mol. The normalized spacial score (nSPS) is 29.4. The maximum Gasteiger partial charge on any atom is 0.231 e. The van der Waals surface area contributed by atoms with Crippen molar-refractivity contribution in [3.63, 3.8) is 0 Å². The van der Waals surface area contributed by atoms with Gasteiger partial charge < -0.3 is 19.9 Å². The van der Waals surface area contributed by atoms with Gasteiger partial charge in [0.1, 0.15) is 0 Å². The number of hydrogen-bond donors (Lipinski definition) is 1. The fourth-order valence-corrected chi connectivity index (χ4v) is 4.69. The minimum absolute atomic E-state index is 0.284. The first-order valence-electron chi connectivity index (χ1n) is 9.48. The lowest BCUT2D eigenvalue weighted by Gasteiger charge is -2.39. The minimum atomic E-state index is -0.284. The Morgan fingerprint density at radius 3 is 2.52 bits per heavy atom. The molecule has 1 unspecified atom stereocenters. The van der Waals surface area contributed by atoms with E-state index in [1.165, 1.54) is 32.4 Å². The SMILES string of the molecule is COCC1(C(=O)N2CCCC(N3CCCC3)CC2)CCNCC1. The first-order valence-corrected chi connectivity index (χ1v) is 9.48. The second kappa shape index (κ2) is 7.95. The number of carbonyl (C=O) groups is 1. The first-order chi connectivity index (χ1) is 11.2. The van der Waals surface area contributed by atoms with Crippen molar-refractivity contribution >= 4 is 5.91 Å². The smallest absolute Gasteiger partial charge is 0.231 e. The summed E-state index contributed by atoms with van der Waals surface area (Å²) >= 11 is 0. The van der Waals surface area contributed by atoms with Gasteiger partial charge in [-0.3, -0.25) is 4.79 Å². The number of amides is 1. The second-order valence-corrected chi connectivity index (χ2v) is 7.58. The Balaban J connectivity index is 1.62. The van der Waals surface area contributed by atoms with Crippen LogP contribution in [0.2, 0.25) is 0 Å². The molecule has 0 aromatic carbocycles. The Morgan fingerprint density at radius 2 is 1.83 bits per heavy atom. The van der Waals surface area contributed by atoms with E-state index in [1.807, 2.05) is 0 Å². The zero-order valence-corrected chi connectivity index (χ0v) is 14.7. The number of nitrogens with zero attached hydrogens (tertiary/aromatic N) is 2. The lowest BCUT2D eigenvalue weighted by Crippen LogP contribution is -2.52. The van der Waals surface area contributed by atoms with E-state index in [2.05, 4.69) is 15.1 Å². The molecule has 1 atom stereocenters. The summed E-state index contributed by atoms with van der Waals surface area (Å²) in [6.07, 6.45) is 8.06. The number of methoxy groups -OCH3 is 1. The Hall–Kier alpha value is -0.650. The number of likely N-dealkylation sites (tertiary alicyclic amines) is 2. The van der Waals surface area contributed by atoms with Gasteiger partial charge >= 0.3 is 0 Å². The average Bonchev–Trinajstić information content (AvgIpc) is 3.00. The Morgan fingerprint density at radius 1 is 1.09 bits per heavy atom. The van der Waals surface area contributed by atoms with Gasteiger partial charge in [-0.15, -0.1) is 0 Å². The van der Waals surface area contributed by atoms with E-state index >= 15 is 0 Å². The van der Waals surface area contributed by atoms with Crippen molar-refractivity contribution in [3.8, 4) is 0 Å². The third-order valence-corrected chi connectivity index (χ3v) is 6.08. The number of nitrogens with one attached hydrogen (secondary N) is 1. The summed E-state index contributed by atoms with van der Waals surface area (Å²) in [5.41, 5.74) is -0.284. The molecule has 0 radical (unpaired) electrons. The molecule has 3 heterocycles. The van der Waals surface area contributed by atoms with Crippen LogP contribution in [0.1, 0.15) is 44.9 Å². The summed E-state index contributed by atoms with van der Waals surface area (Å²) in [6, 6.07) is 0.696. The fraction of sp³-hybridized carbons (Fsp3) is 0.944. The summed E-state index contributed by atoms with van der Waals surface area (Å²) in [7, 11) is 1.73. The number of ether oxygens (including phenoxy) is 1. The van der Waals surface area contributed by atoms with Crippen LogP contribution in [0.5, 0.6) is 0 Å². The molecule has 132 valence electrons. The Kier molecular flexibility index (Phi) is 5.94. The summed E-state index contributed by atoms with van der Waals surface area (Å²) < 4.78 is 5.45. The van der Waals surface area contributed by atoms with Gasteiger partial charge in [0.15, 0.2) is 0 Å². The van der Waals surface area contributed by atoms with Crippen molar-refractivity contribution in [1.82, 2.24) is 15.1 Å². The van der Waals surface area contributed by atoms with Crippen LogP contribution in [0.4, 0.5) is 0 Å². The van der Waals surface area contributed by atoms with E-state index in [0.29, 0.717) is 18.6 Å². The molecule has 0 aromatic heterocycles. The maximum absolute atomic E-state index is 13.3. The highest BCUT2D eigenvalue weighted by molar-refractivity contribution is 5.83. The zero-order chi connectivity index (χ0) is 16.1. The predicted octanol–water partition coefficient (Wildman–Crippen LogP) is 1.48. The number of rotatable bonds is 4. The summed E-state index contributed by atoms with van der Waals surface area (Å²) in [6.45, 7) is 6.81. The summed E-state index contributed by atoms with van der Waals surface area (Å²) in [5.74, 6) is 0.350. The molecular formula is C18H33N3O2. The van der Waals surface area contributed by atoms with Crippen LogP contribution in [0.15, 0.2) is 0 Å². The van der Waals surface area contributed by atoms with E-state index in [-0.39, 0.29) is 5.41 Å². The molecule has 3 rings (SSSR count). The largest absolute Gasteiger partial charge is 0.384 e. The van der Waals surface area contributed by atoms with Crippen LogP contribution >= 0.6 is 0 Å². The topological polar surface area (TPSA) is 44.8 Å². The van der Waals surface area contributed by atoms with Gasteiger partial charge in [0.2, 0.25) is 5.91 Å². The molecule has 3 fully saturated rings. The molecule has 3 saturated heterocycles. The van der Waals surface area contributed by atoms with Crippen LogP contribution < -0.4 is 5.32 Å². The molecule has 23 heavy (non-hydrogen) atoms. The molecule has 0 bridgehead atoms. The molecule has 0 aromatic rings. The van der Waals surface area contributed by atoms with Gasteiger partial charge in [0, 0.05) is 26.2 Å². The number of piperidine rings is 1. The molecule has 5 nitrogen and oxygen atoms in total. The van der Waals surface area contributed by atoms with Gasteiger partial charge in [-0.25, -0.2) is 0 Å². The zero-order valence-electron chi connectivity index (χ0n) is 14.7. The first kappa shape index (κ1) is 17.2. The Bertz CT molecular complexity index is 384.